The Morgan fingerprint density at radius 2 is 2.04 bits per heavy atom. The molecule has 2 aromatic carbocycles. The SMILES string of the molecule is CN1CCC(CNc2ncnc3c(F)cccc23)c2ccccc21. The zero-order valence-corrected chi connectivity index (χ0v) is 13.5. The van der Waals surface area contributed by atoms with Crippen LogP contribution in [0.2, 0.25) is 0 Å². The smallest absolute Gasteiger partial charge is 0.149 e. The summed E-state index contributed by atoms with van der Waals surface area (Å²) in [6.07, 6.45) is 2.49. The molecule has 0 aliphatic carbocycles. The van der Waals surface area contributed by atoms with E-state index in [4.69, 9.17) is 0 Å². The first kappa shape index (κ1) is 14.9. The van der Waals surface area contributed by atoms with Gasteiger partial charge in [0.1, 0.15) is 23.5 Å². The van der Waals surface area contributed by atoms with Crippen molar-refractivity contribution in [2.75, 3.05) is 30.4 Å². The number of para-hydroxylation sites is 2. The predicted octanol–water partition coefficient (Wildman–Crippen LogP) is 3.80. The number of hydrogen-bond donors (Lipinski definition) is 1. The number of aromatic nitrogens is 2. The summed E-state index contributed by atoms with van der Waals surface area (Å²) in [5.41, 5.74) is 3.00. The lowest BCUT2D eigenvalue weighted by molar-refractivity contribution is 0.614. The van der Waals surface area contributed by atoms with Crippen LogP contribution < -0.4 is 10.2 Å². The van der Waals surface area contributed by atoms with E-state index in [9.17, 15) is 4.39 Å². The van der Waals surface area contributed by atoms with Crippen LogP contribution in [0, 0.1) is 5.82 Å². The molecule has 0 bridgehead atoms. The van der Waals surface area contributed by atoms with Crippen molar-refractivity contribution in [3.63, 3.8) is 0 Å². The van der Waals surface area contributed by atoms with E-state index in [0.717, 1.165) is 24.9 Å². The molecule has 24 heavy (non-hydrogen) atoms. The third-order valence-electron chi connectivity index (χ3n) is 4.73. The molecule has 1 N–H and O–H groups in total. The molecular formula is C19H19FN4. The van der Waals surface area contributed by atoms with Crippen LogP contribution in [0.4, 0.5) is 15.9 Å². The van der Waals surface area contributed by atoms with Crippen molar-refractivity contribution >= 4 is 22.4 Å². The number of halogens is 1. The lowest BCUT2D eigenvalue weighted by atomic mass is 9.90. The highest BCUT2D eigenvalue weighted by molar-refractivity contribution is 5.89. The fraction of sp³-hybridized carbons (Fsp3) is 0.263. The van der Waals surface area contributed by atoms with Crippen molar-refractivity contribution in [3.05, 3.63) is 60.2 Å². The van der Waals surface area contributed by atoms with Crippen molar-refractivity contribution in [3.8, 4) is 0 Å². The van der Waals surface area contributed by atoms with E-state index in [-0.39, 0.29) is 5.82 Å². The molecule has 0 saturated heterocycles. The summed E-state index contributed by atoms with van der Waals surface area (Å²) in [5, 5.41) is 4.13. The van der Waals surface area contributed by atoms with Gasteiger partial charge in [-0.1, -0.05) is 24.3 Å². The Hall–Kier alpha value is -2.69. The molecule has 1 aromatic heterocycles. The van der Waals surface area contributed by atoms with E-state index in [2.05, 4.69) is 51.5 Å². The highest BCUT2D eigenvalue weighted by atomic mass is 19.1. The van der Waals surface area contributed by atoms with Crippen LogP contribution in [0.3, 0.4) is 0 Å². The molecule has 1 aliphatic rings. The molecule has 1 aliphatic heterocycles. The third-order valence-corrected chi connectivity index (χ3v) is 4.73. The Morgan fingerprint density at radius 3 is 2.96 bits per heavy atom. The predicted molar refractivity (Wildman–Crippen MR) is 95.1 cm³/mol. The summed E-state index contributed by atoms with van der Waals surface area (Å²) in [6, 6.07) is 13.5. The standard InChI is InChI=1S/C19H19FN4/c1-24-10-9-13(14-5-2-3-8-17(14)24)11-21-19-15-6-4-7-16(20)18(15)22-12-23-19/h2-8,12-13H,9-11H2,1H3,(H,21,22,23). The van der Waals surface area contributed by atoms with Gasteiger partial charge in [0.2, 0.25) is 0 Å². The van der Waals surface area contributed by atoms with Crippen LogP contribution in [-0.2, 0) is 0 Å². The zero-order chi connectivity index (χ0) is 16.5. The molecule has 1 unspecified atom stereocenters. The summed E-state index contributed by atoms with van der Waals surface area (Å²) in [4.78, 5) is 10.6. The minimum Gasteiger partial charge on any atom is -0.374 e. The van der Waals surface area contributed by atoms with Gasteiger partial charge in [-0.3, -0.25) is 0 Å². The zero-order valence-electron chi connectivity index (χ0n) is 13.5. The van der Waals surface area contributed by atoms with Crippen molar-refractivity contribution in [1.82, 2.24) is 9.97 Å². The van der Waals surface area contributed by atoms with Gasteiger partial charge in [-0.25, -0.2) is 14.4 Å². The Balaban J connectivity index is 1.60. The second-order valence-electron chi connectivity index (χ2n) is 6.21. The van der Waals surface area contributed by atoms with Gasteiger partial charge in [0.25, 0.3) is 0 Å². The Morgan fingerprint density at radius 1 is 1.17 bits per heavy atom. The number of nitrogens with zero attached hydrogens (tertiary/aromatic N) is 3. The Labute approximate surface area is 140 Å². The van der Waals surface area contributed by atoms with Crippen molar-refractivity contribution in [2.24, 2.45) is 0 Å². The molecule has 0 fully saturated rings. The third kappa shape index (κ3) is 2.56. The fourth-order valence-electron chi connectivity index (χ4n) is 3.43. The van der Waals surface area contributed by atoms with Gasteiger partial charge in [-0.2, -0.15) is 0 Å². The highest BCUT2D eigenvalue weighted by Gasteiger charge is 2.22. The van der Waals surface area contributed by atoms with E-state index < -0.39 is 0 Å². The summed E-state index contributed by atoms with van der Waals surface area (Å²) < 4.78 is 13.9. The quantitative estimate of drug-likeness (QED) is 0.796. The van der Waals surface area contributed by atoms with Crippen molar-refractivity contribution < 1.29 is 4.39 Å². The molecule has 0 spiro atoms. The molecule has 3 aromatic rings. The average Bonchev–Trinajstić information content (AvgIpc) is 2.62. The molecule has 4 nitrogen and oxygen atoms in total. The molecule has 0 radical (unpaired) electrons. The van der Waals surface area contributed by atoms with Crippen molar-refractivity contribution in [1.29, 1.82) is 0 Å². The molecular weight excluding hydrogens is 303 g/mol. The summed E-state index contributed by atoms with van der Waals surface area (Å²) in [5.74, 6) is 0.787. The average molecular weight is 322 g/mol. The summed E-state index contributed by atoms with van der Waals surface area (Å²) in [7, 11) is 2.13. The lowest BCUT2D eigenvalue weighted by Crippen LogP contribution is -2.30. The van der Waals surface area contributed by atoms with Crippen LogP contribution in [0.5, 0.6) is 0 Å². The van der Waals surface area contributed by atoms with Gasteiger partial charge in [0.15, 0.2) is 0 Å². The first-order chi connectivity index (χ1) is 11.7. The van der Waals surface area contributed by atoms with Crippen LogP contribution in [-0.4, -0.2) is 30.1 Å². The first-order valence-electron chi connectivity index (χ1n) is 8.17. The maximum absolute atomic E-state index is 13.9. The van der Waals surface area contributed by atoms with E-state index in [1.165, 1.54) is 23.6 Å². The molecule has 0 saturated carbocycles. The molecule has 0 amide bonds. The summed E-state index contributed by atoms with van der Waals surface area (Å²) >= 11 is 0. The largest absolute Gasteiger partial charge is 0.374 e. The second-order valence-corrected chi connectivity index (χ2v) is 6.21. The molecule has 5 heteroatoms. The highest BCUT2D eigenvalue weighted by Crippen LogP contribution is 2.34. The number of rotatable bonds is 3. The van der Waals surface area contributed by atoms with Crippen LogP contribution in [0.25, 0.3) is 10.9 Å². The Kier molecular flexibility index (Phi) is 3.76. The van der Waals surface area contributed by atoms with E-state index in [0.29, 0.717) is 17.3 Å². The van der Waals surface area contributed by atoms with E-state index >= 15 is 0 Å². The molecule has 2 heterocycles. The summed E-state index contributed by atoms with van der Waals surface area (Å²) in [6.45, 7) is 1.80. The van der Waals surface area contributed by atoms with E-state index in [1.54, 1.807) is 6.07 Å². The first-order valence-corrected chi connectivity index (χ1v) is 8.17. The number of fused-ring (bicyclic) bond motifs is 2. The minimum absolute atomic E-state index is 0.317. The van der Waals surface area contributed by atoms with Gasteiger partial charge in [-0.15, -0.1) is 0 Å². The van der Waals surface area contributed by atoms with E-state index in [1.807, 2.05) is 6.07 Å². The number of nitrogens with one attached hydrogen (secondary N) is 1. The fourth-order valence-corrected chi connectivity index (χ4v) is 3.43. The Bertz CT molecular complexity index is 880. The van der Waals surface area contributed by atoms with Crippen LogP contribution in [0.15, 0.2) is 48.8 Å². The topological polar surface area (TPSA) is 41.0 Å². The van der Waals surface area contributed by atoms with Crippen molar-refractivity contribution in [2.45, 2.75) is 12.3 Å². The molecule has 4 rings (SSSR count). The molecule has 1 atom stereocenters. The van der Waals surface area contributed by atoms with Gasteiger partial charge in [-0.05, 0) is 30.2 Å². The minimum atomic E-state index is -0.317. The normalized spacial score (nSPS) is 16.9. The second kappa shape index (κ2) is 6.07. The number of benzene rings is 2. The van der Waals surface area contributed by atoms with Gasteiger partial charge in [0.05, 0.1) is 0 Å². The lowest BCUT2D eigenvalue weighted by Gasteiger charge is -2.33. The van der Waals surface area contributed by atoms with Gasteiger partial charge in [0, 0.05) is 37.1 Å². The monoisotopic (exact) mass is 322 g/mol. The maximum Gasteiger partial charge on any atom is 0.149 e. The van der Waals surface area contributed by atoms with Gasteiger partial charge >= 0.3 is 0 Å². The maximum atomic E-state index is 13.9. The van der Waals surface area contributed by atoms with Crippen LogP contribution >= 0.6 is 0 Å². The number of hydrogen-bond acceptors (Lipinski definition) is 4. The molecule has 122 valence electrons. The van der Waals surface area contributed by atoms with Crippen LogP contribution in [0.1, 0.15) is 17.9 Å². The number of anilines is 2. The van der Waals surface area contributed by atoms with Gasteiger partial charge < -0.3 is 10.2 Å².